The first-order valence-corrected chi connectivity index (χ1v) is 9.74. The number of nitrogens with two attached hydrogens (primary N) is 1. The number of nitrogens with one attached hydrogen (secondary N) is 1. The molecule has 0 bridgehead atoms. The number of halogens is 2. The van der Waals surface area contributed by atoms with Crippen molar-refractivity contribution in [2.75, 3.05) is 5.32 Å². The van der Waals surface area contributed by atoms with Gasteiger partial charge in [-0.05, 0) is 49.1 Å². The largest absolute Gasteiger partial charge is 0.366 e. The molecule has 0 saturated carbocycles. The zero-order chi connectivity index (χ0) is 19.3. The topological polar surface area (TPSA) is 85.8 Å². The second-order valence-corrected chi connectivity index (χ2v) is 8.02. The molecule has 9 heteroatoms. The number of aromatic nitrogens is 3. The lowest BCUT2D eigenvalue weighted by atomic mass is 9.99. The first-order chi connectivity index (χ1) is 12.9. The van der Waals surface area contributed by atoms with Crippen LogP contribution in [0.5, 0.6) is 0 Å². The SMILES string of the molecule is CC1=C(C(N)=O)C(c2sccc2C)n2nc(-c3ccc(Cl)cc3Cl)nc2N1. The molecule has 1 aliphatic heterocycles. The summed E-state index contributed by atoms with van der Waals surface area (Å²) in [5.41, 5.74) is 8.53. The molecular weight excluding hydrogens is 405 g/mol. The van der Waals surface area contributed by atoms with Crippen LogP contribution >= 0.6 is 34.5 Å². The van der Waals surface area contributed by atoms with Gasteiger partial charge in [0.25, 0.3) is 0 Å². The van der Waals surface area contributed by atoms with Gasteiger partial charge in [-0.2, -0.15) is 4.98 Å². The molecule has 0 spiro atoms. The molecular formula is C18H15Cl2N5OS. The van der Waals surface area contributed by atoms with Crippen LogP contribution in [0.3, 0.4) is 0 Å². The summed E-state index contributed by atoms with van der Waals surface area (Å²) in [6.45, 7) is 3.80. The standard InChI is InChI=1S/C18H15Cl2N5OS/c1-8-5-6-27-15(8)14-13(16(21)26)9(2)22-18-23-17(24-25(14)18)11-4-3-10(19)7-12(11)20/h3-7,14H,1-2H3,(H2,21,26)(H,22,23,24). The van der Waals surface area contributed by atoms with Crippen LogP contribution in [0, 0.1) is 6.92 Å². The van der Waals surface area contributed by atoms with E-state index in [0.29, 0.717) is 38.7 Å². The van der Waals surface area contributed by atoms with Crippen molar-refractivity contribution in [2.45, 2.75) is 19.9 Å². The van der Waals surface area contributed by atoms with Crippen LogP contribution in [0.15, 0.2) is 40.9 Å². The summed E-state index contributed by atoms with van der Waals surface area (Å²) in [6, 6.07) is 6.71. The lowest BCUT2D eigenvalue weighted by Crippen LogP contribution is -2.31. The minimum atomic E-state index is -0.495. The summed E-state index contributed by atoms with van der Waals surface area (Å²) in [7, 11) is 0. The van der Waals surface area contributed by atoms with Gasteiger partial charge in [0.1, 0.15) is 6.04 Å². The molecule has 0 aliphatic carbocycles. The molecule has 1 atom stereocenters. The summed E-state index contributed by atoms with van der Waals surface area (Å²) in [5.74, 6) is 0.471. The highest BCUT2D eigenvalue weighted by Gasteiger charge is 2.35. The average molecular weight is 420 g/mol. The number of primary amides is 1. The van der Waals surface area contributed by atoms with Crippen molar-refractivity contribution in [3.05, 3.63) is 61.4 Å². The zero-order valence-electron chi connectivity index (χ0n) is 14.5. The van der Waals surface area contributed by atoms with Gasteiger partial charge in [0.15, 0.2) is 5.82 Å². The number of thiophene rings is 1. The molecule has 1 amide bonds. The maximum Gasteiger partial charge on any atom is 0.248 e. The number of hydrogen-bond donors (Lipinski definition) is 2. The normalized spacial score (nSPS) is 16.2. The van der Waals surface area contributed by atoms with Gasteiger partial charge in [0.05, 0.1) is 10.6 Å². The summed E-state index contributed by atoms with van der Waals surface area (Å²) in [6.07, 6.45) is 0. The zero-order valence-corrected chi connectivity index (χ0v) is 16.8. The van der Waals surface area contributed by atoms with E-state index in [9.17, 15) is 4.79 Å². The number of aryl methyl sites for hydroxylation is 1. The number of nitrogens with zero attached hydrogens (tertiary/aromatic N) is 3. The average Bonchev–Trinajstić information content (AvgIpc) is 3.19. The monoisotopic (exact) mass is 419 g/mol. The van der Waals surface area contributed by atoms with E-state index < -0.39 is 11.9 Å². The Morgan fingerprint density at radius 3 is 2.70 bits per heavy atom. The molecule has 1 aliphatic rings. The fraction of sp³-hybridized carbons (Fsp3) is 0.167. The fourth-order valence-corrected chi connectivity index (χ4v) is 4.67. The second kappa shape index (κ2) is 6.67. The van der Waals surface area contributed by atoms with E-state index >= 15 is 0 Å². The second-order valence-electron chi connectivity index (χ2n) is 6.23. The predicted molar refractivity (Wildman–Crippen MR) is 108 cm³/mol. The van der Waals surface area contributed by atoms with Crippen LogP contribution in [0.25, 0.3) is 11.4 Å². The van der Waals surface area contributed by atoms with Gasteiger partial charge in [0, 0.05) is 21.2 Å². The highest BCUT2D eigenvalue weighted by molar-refractivity contribution is 7.10. The Morgan fingerprint density at radius 2 is 2.07 bits per heavy atom. The number of fused-ring (bicyclic) bond motifs is 1. The van der Waals surface area contributed by atoms with Gasteiger partial charge in [-0.25, -0.2) is 4.68 Å². The smallest absolute Gasteiger partial charge is 0.248 e. The van der Waals surface area contributed by atoms with Gasteiger partial charge >= 0.3 is 0 Å². The number of amides is 1. The molecule has 2 aromatic heterocycles. The van der Waals surface area contributed by atoms with E-state index in [2.05, 4.69) is 15.4 Å². The Balaban J connectivity index is 1.90. The van der Waals surface area contributed by atoms with Gasteiger partial charge < -0.3 is 11.1 Å². The first kappa shape index (κ1) is 18.0. The molecule has 138 valence electrons. The Bertz CT molecular complexity index is 1100. The van der Waals surface area contributed by atoms with Crippen LogP contribution in [0.4, 0.5) is 5.95 Å². The van der Waals surface area contributed by atoms with Crippen molar-refractivity contribution in [1.29, 1.82) is 0 Å². The first-order valence-electron chi connectivity index (χ1n) is 8.10. The Hall–Kier alpha value is -2.35. The van der Waals surface area contributed by atoms with Crippen LogP contribution in [-0.2, 0) is 4.79 Å². The molecule has 27 heavy (non-hydrogen) atoms. The van der Waals surface area contributed by atoms with Gasteiger partial charge in [-0.1, -0.05) is 23.2 Å². The minimum Gasteiger partial charge on any atom is -0.366 e. The van der Waals surface area contributed by atoms with Crippen LogP contribution < -0.4 is 11.1 Å². The Kier molecular flexibility index (Phi) is 4.46. The number of benzene rings is 1. The number of rotatable bonds is 3. The number of allylic oxidation sites excluding steroid dienone is 1. The molecule has 0 fully saturated rings. The predicted octanol–water partition coefficient (Wildman–Crippen LogP) is 4.40. The Labute approximate surface area is 169 Å². The molecule has 3 N–H and O–H groups in total. The van der Waals surface area contributed by atoms with Crippen molar-refractivity contribution in [2.24, 2.45) is 5.73 Å². The quantitative estimate of drug-likeness (QED) is 0.658. The van der Waals surface area contributed by atoms with E-state index in [0.717, 1.165) is 10.4 Å². The van der Waals surface area contributed by atoms with Crippen molar-refractivity contribution < 1.29 is 4.79 Å². The van der Waals surface area contributed by atoms with Crippen LogP contribution in [0.2, 0.25) is 10.0 Å². The lowest BCUT2D eigenvalue weighted by Gasteiger charge is -2.27. The third-order valence-corrected chi connectivity index (χ3v) is 6.06. The van der Waals surface area contributed by atoms with Gasteiger partial charge in [-0.15, -0.1) is 16.4 Å². The number of carbonyl (C=O) groups excluding carboxylic acids is 1. The van der Waals surface area contributed by atoms with Crippen molar-refractivity contribution in [3.63, 3.8) is 0 Å². The summed E-state index contributed by atoms with van der Waals surface area (Å²) in [5, 5.41) is 10.7. The van der Waals surface area contributed by atoms with Crippen molar-refractivity contribution in [3.8, 4) is 11.4 Å². The van der Waals surface area contributed by atoms with Gasteiger partial charge in [-0.3, -0.25) is 4.79 Å². The molecule has 1 unspecified atom stereocenters. The molecule has 0 radical (unpaired) electrons. The fourth-order valence-electron chi connectivity index (χ4n) is 3.16. The molecule has 3 heterocycles. The third kappa shape index (κ3) is 3.01. The Morgan fingerprint density at radius 1 is 1.30 bits per heavy atom. The highest BCUT2D eigenvalue weighted by Crippen LogP contribution is 2.40. The number of carbonyl (C=O) groups is 1. The van der Waals surface area contributed by atoms with Gasteiger partial charge in [0.2, 0.25) is 11.9 Å². The molecule has 1 aromatic carbocycles. The third-order valence-electron chi connectivity index (χ3n) is 4.44. The molecule has 0 saturated heterocycles. The maximum absolute atomic E-state index is 12.2. The minimum absolute atomic E-state index is 0.439. The molecule has 3 aromatic rings. The highest BCUT2D eigenvalue weighted by atomic mass is 35.5. The molecule has 4 rings (SSSR count). The van der Waals surface area contributed by atoms with E-state index in [1.165, 1.54) is 0 Å². The maximum atomic E-state index is 12.2. The number of hydrogen-bond acceptors (Lipinski definition) is 5. The van der Waals surface area contributed by atoms with Crippen molar-refractivity contribution >= 4 is 46.4 Å². The number of anilines is 1. The van der Waals surface area contributed by atoms with E-state index in [4.69, 9.17) is 28.9 Å². The van der Waals surface area contributed by atoms with E-state index in [1.54, 1.807) is 34.2 Å². The van der Waals surface area contributed by atoms with Crippen LogP contribution in [-0.4, -0.2) is 20.7 Å². The summed E-state index contributed by atoms with van der Waals surface area (Å²) in [4.78, 5) is 17.8. The van der Waals surface area contributed by atoms with Crippen molar-refractivity contribution in [1.82, 2.24) is 14.8 Å². The van der Waals surface area contributed by atoms with E-state index in [-0.39, 0.29) is 0 Å². The van der Waals surface area contributed by atoms with E-state index in [1.807, 2.05) is 25.3 Å². The molecule has 6 nitrogen and oxygen atoms in total. The summed E-state index contributed by atoms with van der Waals surface area (Å²) < 4.78 is 1.69. The summed E-state index contributed by atoms with van der Waals surface area (Å²) >= 11 is 13.9. The van der Waals surface area contributed by atoms with Crippen LogP contribution in [0.1, 0.15) is 23.4 Å². The lowest BCUT2D eigenvalue weighted by molar-refractivity contribution is -0.115.